The first-order chi connectivity index (χ1) is 14.8. The number of hydrogen-bond donors (Lipinski definition) is 1. The van der Waals surface area contributed by atoms with Crippen LogP contribution < -0.4 is 10.1 Å². The van der Waals surface area contributed by atoms with Crippen molar-refractivity contribution in [2.45, 2.75) is 11.8 Å². The molecule has 4 rings (SSSR count). The van der Waals surface area contributed by atoms with E-state index in [4.69, 9.17) is 9.15 Å². The molecule has 1 fully saturated rings. The molecule has 0 aliphatic carbocycles. The first-order valence-corrected chi connectivity index (χ1v) is 11.4. The van der Waals surface area contributed by atoms with Crippen LogP contribution in [-0.4, -0.2) is 63.9 Å². The summed E-state index contributed by atoms with van der Waals surface area (Å²) in [6.45, 7) is 4.06. The van der Waals surface area contributed by atoms with E-state index < -0.39 is 15.9 Å². The minimum atomic E-state index is -3.63. The molecular formula is C22H25N3O5S. The van der Waals surface area contributed by atoms with Gasteiger partial charge in [-0.2, -0.15) is 4.31 Å². The third-order valence-corrected chi connectivity index (χ3v) is 7.44. The summed E-state index contributed by atoms with van der Waals surface area (Å²) in [7, 11) is -0.0815. The molecule has 9 heteroatoms. The number of aryl methyl sites for hydroxylation is 1. The normalized spacial score (nSPS) is 15.8. The van der Waals surface area contributed by atoms with Gasteiger partial charge in [0.25, 0.3) is 5.91 Å². The van der Waals surface area contributed by atoms with E-state index in [-0.39, 0.29) is 10.7 Å². The first-order valence-electron chi connectivity index (χ1n) is 9.97. The SMILES string of the molecule is COc1ccc2oc(C(=O)Nc3cccc(S(=O)(=O)N4CCN(C)CC4)c3)c(C)c2c1. The largest absolute Gasteiger partial charge is 0.497 e. The van der Waals surface area contributed by atoms with Crippen molar-refractivity contribution in [1.82, 2.24) is 9.21 Å². The zero-order valence-corrected chi connectivity index (χ0v) is 18.5. The molecule has 1 aliphatic heterocycles. The van der Waals surface area contributed by atoms with Crippen LogP contribution in [0.1, 0.15) is 16.1 Å². The zero-order chi connectivity index (χ0) is 22.2. The van der Waals surface area contributed by atoms with Crippen molar-refractivity contribution in [3.8, 4) is 5.75 Å². The van der Waals surface area contributed by atoms with Crippen LogP contribution in [0.4, 0.5) is 5.69 Å². The van der Waals surface area contributed by atoms with Crippen LogP contribution in [0.2, 0.25) is 0 Å². The summed E-state index contributed by atoms with van der Waals surface area (Å²) in [4.78, 5) is 15.1. The van der Waals surface area contributed by atoms with Crippen molar-refractivity contribution in [1.29, 1.82) is 0 Å². The topological polar surface area (TPSA) is 92.1 Å². The quantitative estimate of drug-likeness (QED) is 0.652. The molecule has 0 radical (unpaired) electrons. The lowest BCUT2D eigenvalue weighted by atomic mass is 10.1. The Balaban J connectivity index is 1.57. The highest BCUT2D eigenvalue weighted by molar-refractivity contribution is 7.89. The standard InChI is InChI=1S/C22H25N3O5S/c1-15-19-14-17(29-3)7-8-20(19)30-21(15)22(26)23-16-5-4-6-18(13-16)31(27,28)25-11-9-24(2)10-12-25/h4-8,13-14H,9-12H2,1-3H3,(H,23,26). The number of furan rings is 1. The Morgan fingerprint density at radius 1 is 1.10 bits per heavy atom. The average molecular weight is 444 g/mol. The number of carbonyl (C=O) groups excluding carboxylic acids is 1. The van der Waals surface area contributed by atoms with Crippen LogP contribution in [0, 0.1) is 6.92 Å². The second-order valence-corrected chi connectivity index (χ2v) is 9.55. The third-order valence-electron chi connectivity index (χ3n) is 5.54. The summed E-state index contributed by atoms with van der Waals surface area (Å²) in [6.07, 6.45) is 0. The second kappa shape index (κ2) is 8.33. The predicted molar refractivity (Wildman–Crippen MR) is 118 cm³/mol. The summed E-state index contributed by atoms with van der Waals surface area (Å²) in [6, 6.07) is 11.6. The van der Waals surface area contributed by atoms with E-state index >= 15 is 0 Å². The molecule has 31 heavy (non-hydrogen) atoms. The van der Waals surface area contributed by atoms with Gasteiger partial charge in [0, 0.05) is 42.8 Å². The Bertz CT molecular complexity index is 1230. The van der Waals surface area contributed by atoms with Gasteiger partial charge >= 0.3 is 0 Å². The highest BCUT2D eigenvalue weighted by Crippen LogP contribution is 2.29. The number of fused-ring (bicyclic) bond motifs is 1. The Kier molecular flexibility index (Phi) is 5.74. The van der Waals surface area contributed by atoms with Gasteiger partial charge < -0.3 is 19.4 Å². The molecule has 2 heterocycles. The van der Waals surface area contributed by atoms with Crippen molar-refractivity contribution in [3.05, 3.63) is 53.8 Å². The van der Waals surface area contributed by atoms with Crippen LogP contribution in [0.25, 0.3) is 11.0 Å². The molecule has 1 aromatic heterocycles. The van der Waals surface area contributed by atoms with Gasteiger partial charge in [0.15, 0.2) is 5.76 Å². The lowest BCUT2D eigenvalue weighted by Gasteiger charge is -2.31. The van der Waals surface area contributed by atoms with E-state index in [2.05, 4.69) is 10.2 Å². The molecule has 2 aromatic carbocycles. The minimum absolute atomic E-state index is 0.154. The van der Waals surface area contributed by atoms with Gasteiger partial charge in [-0.1, -0.05) is 6.07 Å². The van der Waals surface area contributed by atoms with Gasteiger partial charge in [-0.3, -0.25) is 4.79 Å². The number of rotatable bonds is 5. The molecule has 1 saturated heterocycles. The van der Waals surface area contributed by atoms with E-state index in [1.54, 1.807) is 44.4 Å². The highest BCUT2D eigenvalue weighted by atomic mass is 32.2. The number of benzene rings is 2. The number of methoxy groups -OCH3 is 1. The summed E-state index contributed by atoms with van der Waals surface area (Å²) >= 11 is 0. The van der Waals surface area contributed by atoms with Crippen LogP contribution in [-0.2, 0) is 10.0 Å². The van der Waals surface area contributed by atoms with Crippen molar-refractivity contribution in [2.24, 2.45) is 0 Å². The molecule has 3 aromatic rings. The van der Waals surface area contributed by atoms with Gasteiger partial charge in [-0.05, 0) is 50.4 Å². The minimum Gasteiger partial charge on any atom is -0.497 e. The number of anilines is 1. The van der Waals surface area contributed by atoms with E-state index in [0.29, 0.717) is 48.8 Å². The number of carbonyl (C=O) groups is 1. The van der Waals surface area contributed by atoms with Crippen molar-refractivity contribution in [3.63, 3.8) is 0 Å². The number of sulfonamides is 1. The fraction of sp³-hybridized carbons (Fsp3) is 0.318. The van der Waals surface area contributed by atoms with Crippen molar-refractivity contribution >= 4 is 32.6 Å². The smallest absolute Gasteiger partial charge is 0.291 e. The van der Waals surface area contributed by atoms with Gasteiger partial charge in [-0.25, -0.2) is 8.42 Å². The van der Waals surface area contributed by atoms with E-state index in [1.807, 2.05) is 13.1 Å². The van der Waals surface area contributed by atoms with Gasteiger partial charge in [0.05, 0.1) is 12.0 Å². The Morgan fingerprint density at radius 2 is 1.84 bits per heavy atom. The third kappa shape index (κ3) is 4.16. The maximum Gasteiger partial charge on any atom is 0.291 e. The van der Waals surface area contributed by atoms with Crippen LogP contribution in [0.5, 0.6) is 5.75 Å². The summed E-state index contributed by atoms with van der Waals surface area (Å²) in [5, 5.41) is 3.54. The first kappa shape index (κ1) is 21.4. The van der Waals surface area contributed by atoms with Crippen molar-refractivity contribution in [2.75, 3.05) is 45.7 Å². The lowest BCUT2D eigenvalue weighted by molar-refractivity contribution is 0.0998. The number of piperazine rings is 1. The molecule has 8 nitrogen and oxygen atoms in total. The number of amides is 1. The fourth-order valence-electron chi connectivity index (χ4n) is 3.64. The fourth-order valence-corrected chi connectivity index (χ4v) is 5.11. The van der Waals surface area contributed by atoms with E-state index in [0.717, 1.165) is 5.39 Å². The maximum absolute atomic E-state index is 13.0. The summed E-state index contributed by atoms with van der Waals surface area (Å²) < 4.78 is 38.4. The molecule has 0 spiro atoms. The number of likely N-dealkylation sites (N-methyl/N-ethyl adjacent to an activating group) is 1. The number of nitrogens with zero attached hydrogens (tertiary/aromatic N) is 2. The molecule has 0 atom stereocenters. The zero-order valence-electron chi connectivity index (χ0n) is 17.7. The molecule has 164 valence electrons. The second-order valence-electron chi connectivity index (χ2n) is 7.61. The Labute approximate surface area is 181 Å². The molecule has 0 bridgehead atoms. The van der Waals surface area contributed by atoms with Crippen LogP contribution in [0.15, 0.2) is 51.8 Å². The van der Waals surface area contributed by atoms with Crippen LogP contribution >= 0.6 is 0 Å². The van der Waals surface area contributed by atoms with E-state index in [1.165, 1.54) is 10.4 Å². The summed E-state index contributed by atoms with van der Waals surface area (Å²) in [5.74, 6) is 0.405. The van der Waals surface area contributed by atoms with Gasteiger partial charge in [0.1, 0.15) is 11.3 Å². The molecule has 0 saturated carbocycles. The Hall–Kier alpha value is -2.88. The summed E-state index contributed by atoms with van der Waals surface area (Å²) in [5.41, 5.74) is 1.65. The molecule has 1 N–H and O–H groups in total. The molecule has 0 unspecified atom stereocenters. The molecule has 1 amide bonds. The highest BCUT2D eigenvalue weighted by Gasteiger charge is 2.28. The molecular weight excluding hydrogens is 418 g/mol. The van der Waals surface area contributed by atoms with Crippen molar-refractivity contribution < 1.29 is 22.4 Å². The number of hydrogen-bond acceptors (Lipinski definition) is 6. The van der Waals surface area contributed by atoms with Gasteiger partial charge in [-0.15, -0.1) is 0 Å². The number of ether oxygens (including phenoxy) is 1. The molecule has 1 aliphatic rings. The van der Waals surface area contributed by atoms with Crippen LogP contribution in [0.3, 0.4) is 0 Å². The monoisotopic (exact) mass is 443 g/mol. The maximum atomic E-state index is 13.0. The average Bonchev–Trinajstić information content (AvgIpc) is 3.10. The predicted octanol–water partition coefficient (Wildman–Crippen LogP) is 2.94. The Morgan fingerprint density at radius 3 is 2.55 bits per heavy atom. The number of nitrogens with one attached hydrogen (secondary N) is 1. The van der Waals surface area contributed by atoms with Gasteiger partial charge in [0.2, 0.25) is 10.0 Å². The lowest BCUT2D eigenvalue weighted by Crippen LogP contribution is -2.47. The van der Waals surface area contributed by atoms with E-state index in [9.17, 15) is 13.2 Å².